The maximum absolute atomic E-state index is 5.40. The summed E-state index contributed by atoms with van der Waals surface area (Å²) in [5.41, 5.74) is 5.61. The summed E-state index contributed by atoms with van der Waals surface area (Å²) in [6.45, 7) is 0. The van der Waals surface area contributed by atoms with Crippen LogP contribution >= 0.6 is 0 Å². The Balaban J connectivity index is 1.90. The van der Waals surface area contributed by atoms with E-state index in [1.165, 1.54) is 27.4 Å². The van der Waals surface area contributed by atoms with E-state index in [0.717, 1.165) is 11.1 Å². The van der Waals surface area contributed by atoms with E-state index in [1.54, 1.807) is 0 Å². The number of H-pyrrole nitrogens is 1. The van der Waals surface area contributed by atoms with Crippen LogP contribution in [0.15, 0.2) is 66.7 Å². The Hall–Kier alpha value is -2.98. The molecular formula is C20H13N. The summed E-state index contributed by atoms with van der Waals surface area (Å²) in [6, 6.07) is 23.0. The van der Waals surface area contributed by atoms with Crippen molar-refractivity contribution in [2.75, 3.05) is 0 Å². The molecule has 21 heavy (non-hydrogen) atoms. The van der Waals surface area contributed by atoms with Gasteiger partial charge in [-0.25, -0.2) is 0 Å². The van der Waals surface area contributed by atoms with Gasteiger partial charge in [-0.05, 0) is 35.4 Å². The van der Waals surface area contributed by atoms with E-state index in [-0.39, 0.29) is 0 Å². The molecule has 0 fully saturated rings. The van der Waals surface area contributed by atoms with Crippen LogP contribution in [0.3, 0.4) is 0 Å². The van der Waals surface area contributed by atoms with Crippen molar-refractivity contribution in [3.8, 4) is 23.5 Å². The average molecular weight is 267 g/mol. The van der Waals surface area contributed by atoms with Crippen molar-refractivity contribution in [2.45, 2.75) is 0 Å². The van der Waals surface area contributed by atoms with Gasteiger partial charge in [0.25, 0.3) is 0 Å². The van der Waals surface area contributed by atoms with E-state index in [9.17, 15) is 0 Å². The number of fused-ring (bicyclic) bond motifs is 3. The molecule has 1 heteroatoms. The third-order valence-electron chi connectivity index (χ3n) is 3.89. The normalized spacial score (nSPS) is 10.8. The lowest BCUT2D eigenvalue weighted by Gasteiger charge is -2.02. The van der Waals surface area contributed by atoms with E-state index >= 15 is 0 Å². The van der Waals surface area contributed by atoms with Crippen molar-refractivity contribution < 1.29 is 0 Å². The van der Waals surface area contributed by atoms with Gasteiger partial charge in [-0.15, -0.1) is 6.42 Å². The number of benzene rings is 3. The number of hydrogen-bond donors (Lipinski definition) is 1. The lowest BCUT2D eigenvalue weighted by Crippen LogP contribution is -1.79. The van der Waals surface area contributed by atoms with Crippen molar-refractivity contribution in [1.29, 1.82) is 0 Å². The van der Waals surface area contributed by atoms with Crippen LogP contribution in [0.5, 0.6) is 0 Å². The molecule has 0 saturated carbocycles. The monoisotopic (exact) mass is 267 g/mol. The summed E-state index contributed by atoms with van der Waals surface area (Å²) in [5, 5.41) is 2.52. The number of nitrogens with one attached hydrogen (secondary N) is 1. The Labute approximate surface area is 123 Å². The molecule has 0 unspecified atom stereocenters. The van der Waals surface area contributed by atoms with E-state index in [1.807, 2.05) is 12.1 Å². The van der Waals surface area contributed by atoms with Gasteiger partial charge in [-0.2, -0.15) is 0 Å². The predicted octanol–water partition coefficient (Wildman–Crippen LogP) is 4.97. The molecule has 0 bridgehead atoms. The van der Waals surface area contributed by atoms with Crippen LogP contribution in [-0.4, -0.2) is 4.98 Å². The zero-order valence-corrected chi connectivity index (χ0v) is 11.4. The Morgan fingerprint density at radius 3 is 2.24 bits per heavy atom. The summed E-state index contributed by atoms with van der Waals surface area (Å²) in [4.78, 5) is 3.48. The number of para-hydroxylation sites is 1. The second-order valence-electron chi connectivity index (χ2n) is 5.15. The molecule has 0 radical (unpaired) electrons. The lowest BCUT2D eigenvalue weighted by atomic mass is 10.0. The fourth-order valence-electron chi connectivity index (χ4n) is 2.79. The molecule has 4 rings (SSSR count). The first kappa shape index (κ1) is 11.8. The van der Waals surface area contributed by atoms with E-state index in [2.05, 4.69) is 65.5 Å². The SMILES string of the molecule is C#Cc1ccc(-c2ccc3c(c2)[nH]c2ccccc23)cc1. The third-order valence-corrected chi connectivity index (χ3v) is 3.89. The molecule has 0 atom stereocenters. The van der Waals surface area contributed by atoms with Crippen LogP contribution < -0.4 is 0 Å². The Bertz CT molecular complexity index is 982. The van der Waals surface area contributed by atoms with Crippen LogP contribution in [0.2, 0.25) is 0 Å². The highest BCUT2D eigenvalue weighted by Crippen LogP contribution is 2.29. The molecule has 0 aliphatic heterocycles. The van der Waals surface area contributed by atoms with Gasteiger partial charge in [0.2, 0.25) is 0 Å². The molecule has 0 aliphatic carbocycles. The second-order valence-corrected chi connectivity index (χ2v) is 5.15. The molecule has 1 aromatic heterocycles. The summed E-state index contributed by atoms with van der Waals surface area (Å²) in [6.07, 6.45) is 5.40. The highest BCUT2D eigenvalue weighted by atomic mass is 14.7. The minimum atomic E-state index is 0.908. The maximum atomic E-state index is 5.40. The molecule has 0 amide bonds. The van der Waals surface area contributed by atoms with Gasteiger partial charge in [-0.3, -0.25) is 0 Å². The summed E-state index contributed by atoms with van der Waals surface area (Å²) >= 11 is 0. The zero-order chi connectivity index (χ0) is 14.2. The molecule has 3 aromatic carbocycles. The van der Waals surface area contributed by atoms with Gasteiger partial charge in [-0.1, -0.05) is 48.4 Å². The fraction of sp³-hybridized carbons (Fsp3) is 0. The molecule has 98 valence electrons. The van der Waals surface area contributed by atoms with Gasteiger partial charge < -0.3 is 4.98 Å². The number of aromatic amines is 1. The van der Waals surface area contributed by atoms with Gasteiger partial charge in [0.05, 0.1) is 0 Å². The van der Waals surface area contributed by atoms with Crippen LogP contribution in [-0.2, 0) is 0 Å². The first-order valence-electron chi connectivity index (χ1n) is 6.93. The molecule has 0 saturated heterocycles. The average Bonchev–Trinajstić information content (AvgIpc) is 2.92. The fourth-order valence-corrected chi connectivity index (χ4v) is 2.79. The second kappa shape index (κ2) is 4.54. The zero-order valence-electron chi connectivity index (χ0n) is 11.4. The minimum absolute atomic E-state index is 0.908. The van der Waals surface area contributed by atoms with Crippen molar-refractivity contribution in [3.63, 3.8) is 0 Å². The van der Waals surface area contributed by atoms with E-state index < -0.39 is 0 Å². The maximum Gasteiger partial charge on any atom is 0.0471 e. The summed E-state index contributed by atoms with van der Waals surface area (Å²) in [5.74, 6) is 2.65. The molecule has 0 aliphatic rings. The molecule has 1 heterocycles. The number of aromatic nitrogens is 1. The number of hydrogen-bond acceptors (Lipinski definition) is 0. The first-order chi connectivity index (χ1) is 10.3. The predicted molar refractivity (Wildman–Crippen MR) is 89.2 cm³/mol. The smallest absolute Gasteiger partial charge is 0.0471 e. The standard InChI is InChI=1S/C20H13N/c1-2-14-7-9-15(10-8-14)16-11-12-18-17-5-3-4-6-19(17)21-20(18)13-16/h1,3-13,21H. The molecule has 0 spiro atoms. The van der Waals surface area contributed by atoms with Crippen LogP contribution in [0.4, 0.5) is 0 Å². The Kier molecular flexibility index (Phi) is 2.55. The van der Waals surface area contributed by atoms with Crippen molar-refractivity contribution in [1.82, 2.24) is 4.98 Å². The highest BCUT2D eigenvalue weighted by Gasteiger charge is 2.05. The number of terminal acetylenes is 1. The van der Waals surface area contributed by atoms with Crippen LogP contribution in [0.1, 0.15) is 5.56 Å². The van der Waals surface area contributed by atoms with E-state index in [4.69, 9.17) is 6.42 Å². The molecular weight excluding hydrogens is 254 g/mol. The summed E-state index contributed by atoms with van der Waals surface area (Å²) < 4.78 is 0. The largest absolute Gasteiger partial charge is 0.354 e. The van der Waals surface area contributed by atoms with Crippen molar-refractivity contribution in [2.24, 2.45) is 0 Å². The van der Waals surface area contributed by atoms with Gasteiger partial charge in [0.15, 0.2) is 0 Å². The third kappa shape index (κ3) is 1.89. The molecule has 1 N–H and O–H groups in total. The lowest BCUT2D eigenvalue weighted by molar-refractivity contribution is 1.54. The highest BCUT2D eigenvalue weighted by molar-refractivity contribution is 6.08. The summed E-state index contributed by atoms with van der Waals surface area (Å²) in [7, 11) is 0. The molecule has 4 aromatic rings. The topological polar surface area (TPSA) is 15.8 Å². The minimum Gasteiger partial charge on any atom is -0.354 e. The van der Waals surface area contributed by atoms with Gasteiger partial charge in [0.1, 0.15) is 0 Å². The quantitative estimate of drug-likeness (QED) is 0.469. The van der Waals surface area contributed by atoms with Crippen molar-refractivity contribution >= 4 is 21.8 Å². The van der Waals surface area contributed by atoms with Gasteiger partial charge in [0, 0.05) is 27.4 Å². The van der Waals surface area contributed by atoms with Crippen LogP contribution in [0.25, 0.3) is 32.9 Å². The molecule has 1 nitrogen and oxygen atoms in total. The Morgan fingerprint density at radius 1 is 0.714 bits per heavy atom. The first-order valence-corrected chi connectivity index (χ1v) is 6.93. The van der Waals surface area contributed by atoms with Gasteiger partial charge >= 0.3 is 0 Å². The Morgan fingerprint density at radius 2 is 1.43 bits per heavy atom. The number of rotatable bonds is 1. The van der Waals surface area contributed by atoms with Crippen molar-refractivity contribution in [3.05, 3.63) is 72.3 Å². The van der Waals surface area contributed by atoms with E-state index in [0.29, 0.717) is 0 Å². The van der Waals surface area contributed by atoms with Crippen LogP contribution in [0, 0.1) is 12.3 Å².